The van der Waals surface area contributed by atoms with E-state index in [-0.39, 0.29) is 5.97 Å². The number of unbranched alkanes of at least 4 members (excludes halogenated alkanes) is 1. The van der Waals surface area contributed by atoms with Crippen LogP contribution in [0.1, 0.15) is 69.0 Å². The summed E-state index contributed by atoms with van der Waals surface area (Å²) in [4.78, 5) is 16.7. The number of anilines is 1. The Bertz CT molecular complexity index is 1100. The van der Waals surface area contributed by atoms with E-state index < -0.39 is 11.7 Å². The van der Waals surface area contributed by atoms with Crippen molar-refractivity contribution in [1.82, 2.24) is 4.98 Å². The van der Waals surface area contributed by atoms with Gasteiger partial charge < -0.3 is 20.2 Å². The van der Waals surface area contributed by atoms with Gasteiger partial charge >= 0.3 is 5.97 Å². The third-order valence-corrected chi connectivity index (χ3v) is 5.60. The predicted octanol–water partition coefficient (Wildman–Crippen LogP) is 6.54. The lowest BCUT2D eigenvalue weighted by molar-refractivity contribution is -0.167. The number of fused-ring (bicyclic) bond motifs is 1. The summed E-state index contributed by atoms with van der Waals surface area (Å²) in [5.74, 6) is -0.379. The van der Waals surface area contributed by atoms with Crippen LogP contribution in [0.2, 0.25) is 0 Å². The van der Waals surface area contributed by atoms with Gasteiger partial charge in [0.05, 0.1) is 23.4 Å². The molecular weight excluding hydrogens is 400 g/mol. The van der Waals surface area contributed by atoms with E-state index in [0.717, 1.165) is 51.7 Å². The molecule has 0 bridgehead atoms. The van der Waals surface area contributed by atoms with Crippen molar-refractivity contribution in [2.24, 2.45) is 0 Å². The Morgan fingerprint density at radius 3 is 2.38 bits per heavy atom. The molecule has 3 aromatic rings. The first-order valence-electron chi connectivity index (χ1n) is 11.4. The number of hydrogen-bond donors (Lipinski definition) is 2. The normalized spacial score (nSPS) is 12.8. The summed E-state index contributed by atoms with van der Waals surface area (Å²) >= 11 is 0. The molecule has 3 rings (SSSR count). The van der Waals surface area contributed by atoms with Crippen molar-refractivity contribution >= 4 is 22.6 Å². The molecule has 0 radical (unpaired) electrons. The molecule has 172 valence electrons. The fourth-order valence-electron chi connectivity index (χ4n) is 3.99. The predicted molar refractivity (Wildman–Crippen MR) is 132 cm³/mol. The van der Waals surface area contributed by atoms with E-state index in [1.807, 2.05) is 34.6 Å². The number of nitrogens with one attached hydrogen (secondary N) is 1. The maximum Gasteiger partial charge on any atom is 0.340 e. The van der Waals surface area contributed by atoms with Crippen molar-refractivity contribution in [2.75, 3.05) is 12.3 Å². The highest BCUT2D eigenvalue weighted by Crippen LogP contribution is 2.44. The van der Waals surface area contributed by atoms with E-state index in [1.165, 1.54) is 5.56 Å². The molecule has 3 N–H and O–H groups in total. The van der Waals surface area contributed by atoms with Gasteiger partial charge in [0.25, 0.3) is 0 Å². The van der Waals surface area contributed by atoms with Gasteiger partial charge in [-0.05, 0) is 70.7 Å². The zero-order valence-electron chi connectivity index (χ0n) is 20.4. The minimum atomic E-state index is -0.884. The van der Waals surface area contributed by atoms with Crippen LogP contribution in [0.15, 0.2) is 30.3 Å². The number of carbonyl (C=O) groups is 1. The molecule has 1 aromatic heterocycles. The Hall–Kier alpha value is -2.79. The standard InChI is InChI=1S/C27H36N2O3/c1-8-9-14-31-26(30)25(32-27(5,6)7)21-18(4)23(28)24-20(15-17(3)29-24)22(21)19-12-10-16(2)11-13-19/h10-13,15,25,29H,8-9,14,28H2,1-7H3/t25-/m0/s1. The van der Waals surface area contributed by atoms with Crippen LogP contribution >= 0.6 is 0 Å². The summed E-state index contributed by atoms with van der Waals surface area (Å²) < 4.78 is 12.0. The van der Waals surface area contributed by atoms with Crippen molar-refractivity contribution in [3.63, 3.8) is 0 Å². The van der Waals surface area contributed by atoms with Crippen molar-refractivity contribution in [3.05, 3.63) is 52.7 Å². The SMILES string of the molecule is CCCCOC(=O)[C@@H](OC(C)(C)C)c1c(C)c(N)c2[nH]c(C)cc2c1-c1ccc(C)cc1. The van der Waals surface area contributed by atoms with E-state index in [0.29, 0.717) is 12.3 Å². The molecule has 1 heterocycles. The summed E-state index contributed by atoms with van der Waals surface area (Å²) in [6, 6.07) is 10.4. The van der Waals surface area contributed by atoms with E-state index in [2.05, 4.69) is 49.2 Å². The van der Waals surface area contributed by atoms with Crippen LogP contribution in [0, 0.1) is 20.8 Å². The van der Waals surface area contributed by atoms with Crippen molar-refractivity contribution in [2.45, 2.75) is 73.0 Å². The maximum atomic E-state index is 13.3. The van der Waals surface area contributed by atoms with E-state index in [9.17, 15) is 4.79 Å². The Morgan fingerprint density at radius 2 is 1.78 bits per heavy atom. The lowest BCUT2D eigenvalue weighted by Gasteiger charge is -2.30. The zero-order valence-corrected chi connectivity index (χ0v) is 20.4. The molecule has 0 saturated heterocycles. The molecule has 0 spiro atoms. The largest absolute Gasteiger partial charge is 0.464 e. The zero-order chi connectivity index (χ0) is 23.6. The molecule has 0 saturated carbocycles. The van der Waals surface area contributed by atoms with Crippen molar-refractivity contribution in [1.29, 1.82) is 0 Å². The Kier molecular flexibility index (Phi) is 6.99. The highest BCUT2D eigenvalue weighted by atomic mass is 16.6. The molecule has 0 unspecified atom stereocenters. The maximum absolute atomic E-state index is 13.3. The number of esters is 1. The first kappa shape index (κ1) is 23.9. The number of nitrogens with two attached hydrogens (primary N) is 1. The van der Waals surface area contributed by atoms with Crippen LogP contribution in [0.3, 0.4) is 0 Å². The summed E-state index contributed by atoms with van der Waals surface area (Å²) in [6.07, 6.45) is 0.883. The Morgan fingerprint density at radius 1 is 1.12 bits per heavy atom. The average molecular weight is 437 g/mol. The first-order valence-corrected chi connectivity index (χ1v) is 11.4. The first-order chi connectivity index (χ1) is 15.0. The van der Waals surface area contributed by atoms with Crippen LogP contribution in [-0.2, 0) is 14.3 Å². The molecule has 5 heteroatoms. The highest BCUT2D eigenvalue weighted by molar-refractivity contribution is 6.06. The molecule has 0 fully saturated rings. The fourth-order valence-corrected chi connectivity index (χ4v) is 3.99. The van der Waals surface area contributed by atoms with Gasteiger partial charge in [-0.15, -0.1) is 0 Å². The number of aromatic nitrogens is 1. The number of hydrogen-bond acceptors (Lipinski definition) is 4. The summed E-state index contributed by atoms with van der Waals surface area (Å²) in [5.41, 5.74) is 13.3. The molecule has 0 aliphatic heterocycles. The number of aryl methyl sites for hydroxylation is 2. The molecule has 2 aromatic carbocycles. The van der Waals surface area contributed by atoms with E-state index in [4.69, 9.17) is 15.2 Å². The van der Waals surface area contributed by atoms with E-state index in [1.54, 1.807) is 0 Å². The minimum Gasteiger partial charge on any atom is -0.464 e. The Labute approximate surface area is 191 Å². The minimum absolute atomic E-state index is 0.374. The molecule has 0 aliphatic rings. The lowest BCUT2D eigenvalue weighted by atomic mass is 9.87. The number of H-pyrrole nitrogens is 1. The van der Waals surface area contributed by atoms with Crippen LogP contribution in [-0.4, -0.2) is 23.2 Å². The van der Waals surface area contributed by atoms with Gasteiger partial charge in [0, 0.05) is 16.6 Å². The number of nitrogen functional groups attached to an aromatic ring is 1. The van der Waals surface area contributed by atoms with E-state index >= 15 is 0 Å². The van der Waals surface area contributed by atoms with Gasteiger partial charge in [-0.1, -0.05) is 43.2 Å². The van der Waals surface area contributed by atoms with Gasteiger partial charge in [-0.25, -0.2) is 4.79 Å². The summed E-state index contributed by atoms with van der Waals surface area (Å²) in [6.45, 7) is 14.3. The second kappa shape index (κ2) is 9.37. The summed E-state index contributed by atoms with van der Waals surface area (Å²) in [7, 11) is 0. The van der Waals surface area contributed by atoms with Gasteiger partial charge in [0.1, 0.15) is 0 Å². The van der Waals surface area contributed by atoms with Crippen LogP contribution in [0.25, 0.3) is 22.0 Å². The number of ether oxygens (including phenoxy) is 2. The molecule has 32 heavy (non-hydrogen) atoms. The van der Waals surface area contributed by atoms with Gasteiger partial charge in [0.2, 0.25) is 0 Å². The fraction of sp³-hybridized carbons (Fsp3) is 0.444. The van der Waals surface area contributed by atoms with Crippen LogP contribution < -0.4 is 5.73 Å². The highest BCUT2D eigenvalue weighted by Gasteiger charge is 2.34. The smallest absolute Gasteiger partial charge is 0.340 e. The van der Waals surface area contributed by atoms with Gasteiger partial charge in [0.15, 0.2) is 6.10 Å². The van der Waals surface area contributed by atoms with Crippen molar-refractivity contribution in [3.8, 4) is 11.1 Å². The Balaban J connectivity index is 2.31. The molecule has 0 aliphatic carbocycles. The third-order valence-electron chi connectivity index (χ3n) is 5.60. The quantitative estimate of drug-likeness (QED) is 0.250. The number of rotatable bonds is 7. The number of aromatic amines is 1. The lowest BCUT2D eigenvalue weighted by Crippen LogP contribution is -2.30. The summed E-state index contributed by atoms with van der Waals surface area (Å²) in [5, 5.41) is 0.980. The average Bonchev–Trinajstić information content (AvgIpc) is 3.11. The topological polar surface area (TPSA) is 77.3 Å². The van der Waals surface area contributed by atoms with Gasteiger partial charge in [-0.3, -0.25) is 0 Å². The van der Waals surface area contributed by atoms with Crippen LogP contribution in [0.4, 0.5) is 5.69 Å². The second-order valence-electron chi connectivity index (χ2n) is 9.57. The van der Waals surface area contributed by atoms with Crippen LogP contribution in [0.5, 0.6) is 0 Å². The monoisotopic (exact) mass is 436 g/mol. The van der Waals surface area contributed by atoms with Gasteiger partial charge in [-0.2, -0.15) is 0 Å². The number of benzene rings is 2. The third kappa shape index (κ3) is 4.99. The number of carbonyl (C=O) groups excluding carboxylic acids is 1. The molecule has 1 atom stereocenters. The second-order valence-corrected chi connectivity index (χ2v) is 9.57. The molecular formula is C27H36N2O3. The molecule has 0 amide bonds. The molecule has 5 nitrogen and oxygen atoms in total. The van der Waals surface area contributed by atoms with Crippen molar-refractivity contribution < 1.29 is 14.3 Å².